The van der Waals surface area contributed by atoms with Crippen LogP contribution in [0.4, 0.5) is 0 Å². The van der Waals surface area contributed by atoms with Gasteiger partial charge in [0.2, 0.25) is 0 Å². The lowest BCUT2D eigenvalue weighted by molar-refractivity contribution is 0.0528. The van der Waals surface area contributed by atoms with Gasteiger partial charge in [-0.3, -0.25) is 0 Å². The lowest BCUT2D eigenvalue weighted by Crippen LogP contribution is -2.07. The second kappa shape index (κ2) is 8.23. The molecule has 29 heavy (non-hydrogen) atoms. The van der Waals surface area contributed by atoms with Crippen LogP contribution in [0.2, 0.25) is 0 Å². The van der Waals surface area contributed by atoms with Crippen LogP contribution in [-0.4, -0.2) is 19.7 Å². The number of hydrogen-bond donors (Lipinski definition) is 0. The summed E-state index contributed by atoms with van der Waals surface area (Å²) < 4.78 is 17.2. The van der Waals surface area contributed by atoms with Crippen molar-refractivity contribution in [2.24, 2.45) is 0 Å². The van der Waals surface area contributed by atoms with Crippen molar-refractivity contribution < 1.29 is 18.7 Å². The van der Waals surface area contributed by atoms with E-state index in [0.29, 0.717) is 29.1 Å². The predicted octanol–water partition coefficient (Wildman–Crippen LogP) is 5.88. The first-order chi connectivity index (χ1) is 14.2. The number of carbonyl (C=O) groups excluding carboxylic acids is 1. The van der Waals surface area contributed by atoms with Crippen LogP contribution < -0.4 is 4.74 Å². The highest BCUT2D eigenvalue weighted by atomic mass is 16.5. The Balaban J connectivity index is 2.00. The number of hydrogen-bond acceptors (Lipinski definition) is 4. The molecule has 1 heterocycles. The third-order valence-corrected chi connectivity index (χ3v) is 4.88. The predicted molar refractivity (Wildman–Crippen MR) is 113 cm³/mol. The number of benzene rings is 3. The normalized spacial score (nSPS) is 10.8. The standard InChI is InChI=1S/C25H22O4/c1-3-28-25(26)23-22-19(16-17-10-6-4-7-11-17)20(27-2)14-15-21(22)29-24(23)18-12-8-5-9-13-18/h4-15H,3,16H2,1-2H3. The fourth-order valence-corrected chi connectivity index (χ4v) is 3.60. The van der Waals surface area contributed by atoms with Crippen LogP contribution in [0.15, 0.2) is 77.2 Å². The summed E-state index contributed by atoms with van der Waals surface area (Å²) >= 11 is 0. The lowest BCUT2D eigenvalue weighted by Gasteiger charge is -2.11. The van der Waals surface area contributed by atoms with Gasteiger partial charge < -0.3 is 13.9 Å². The molecule has 0 aliphatic carbocycles. The fraction of sp³-hybridized carbons (Fsp3) is 0.160. The molecule has 0 saturated carbocycles. The van der Waals surface area contributed by atoms with Crippen LogP contribution in [-0.2, 0) is 11.2 Å². The minimum absolute atomic E-state index is 0.289. The van der Waals surface area contributed by atoms with Gasteiger partial charge in [0.1, 0.15) is 22.7 Å². The minimum atomic E-state index is -0.396. The number of ether oxygens (including phenoxy) is 2. The third-order valence-electron chi connectivity index (χ3n) is 4.88. The van der Waals surface area contributed by atoms with Crippen LogP contribution >= 0.6 is 0 Å². The van der Waals surface area contributed by atoms with Gasteiger partial charge in [-0.25, -0.2) is 4.79 Å². The Labute approximate surface area is 169 Å². The van der Waals surface area contributed by atoms with E-state index in [4.69, 9.17) is 13.9 Å². The second-order valence-electron chi connectivity index (χ2n) is 6.67. The van der Waals surface area contributed by atoms with Gasteiger partial charge in [0.05, 0.1) is 13.7 Å². The first-order valence-electron chi connectivity index (χ1n) is 9.61. The van der Waals surface area contributed by atoms with Crippen molar-refractivity contribution in [2.45, 2.75) is 13.3 Å². The van der Waals surface area contributed by atoms with Gasteiger partial charge in [0, 0.05) is 22.9 Å². The van der Waals surface area contributed by atoms with Crippen LogP contribution in [0.1, 0.15) is 28.4 Å². The van der Waals surface area contributed by atoms with Crippen molar-refractivity contribution in [1.29, 1.82) is 0 Å². The van der Waals surface area contributed by atoms with Crippen molar-refractivity contribution in [3.63, 3.8) is 0 Å². The largest absolute Gasteiger partial charge is 0.496 e. The molecule has 0 bridgehead atoms. The van der Waals surface area contributed by atoms with Gasteiger partial charge >= 0.3 is 5.97 Å². The topological polar surface area (TPSA) is 48.7 Å². The number of rotatable bonds is 6. The number of furan rings is 1. The van der Waals surface area contributed by atoms with E-state index >= 15 is 0 Å². The molecular weight excluding hydrogens is 364 g/mol. The Morgan fingerprint density at radius 1 is 0.931 bits per heavy atom. The van der Waals surface area contributed by atoms with Crippen molar-refractivity contribution in [3.8, 4) is 17.1 Å². The summed E-state index contributed by atoms with van der Waals surface area (Å²) in [5.74, 6) is 0.835. The van der Waals surface area contributed by atoms with Gasteiger partial charge in [-0.15, -0.1) is 0 Å². The smallest absolute Gasteiger partial charge is 0.342 e. The number of methoxy groups -OCH3 is 1. The van der Waals surface area contributed by atoms with Gasteiger partial charge in [0.25, 0.3) is 0 Å². The molecule has 0 unspecified atom stereocenters. The van der Waals surface area contributed by atoms with Gasteiger partial charge in [0.15, 0.2) is 0 Å². The quantitative estimate of drug-likeness (QED) is 0.389. The van der Waals surface area contributed by atoms with E-state index < -0.39 is 5.97 Å². The maximum Gasteiger partial charge on any atom is 0.342 e. The van der Waals surface area contributed by atoms with Gasteiger partial charge in [-0.05, 0) is 24.6 Å². The van der Waals surface area contributed by atoms with Crippen molar-refractivity contribution >= 4 is 16.9 Å². The average Bonchev–Trinajstić information content (AvgIpc) is 3.16. The molecular formula is C25H22O4. The molecule has 0 aliphatic rings. The average molecular weight is 386 g/mol. The molecule has 4 aromatic rings. The van der Waals surface area contributed by atoms with Crippen LogP contribution in [0.25, 0.3) is 22.3 Å². The number of carbonyl (C=O) groups is 1. The molecule has 0 spiro atoms. The molecule has 0 atom stereocenters. The molecule has 3 aromatic carbocycles. The molecule has 0 fully saturated rings. The zero-order valence-corrected chi connectivity index (χ0v) is 16.5. The summed E-state index contributed by atoms with van der Waals surface area (Å²) in [6, 6.07) is 23.4. The van der Waals surface area contributed by atoms with Crippen molar-refractivity contribution in [3.05, 3.63) is 89.5 Å². The molecule has 0 aliphatic heterocycles. The molecule has 4 nitrogen and oxygen atoms in total. The SMILES string of the molecule is CCOC(=O)c1c(-c2ccccc2)oc2ccc(OC)c(Cc3ccccc3)c12. The van der Waals surface area contributed by atoms with E-state index in [9.17, 15) is 4.79 Å². The highest BCUT2D eigenvalue weighted by Gasteiger charge is 2.27. The Bertz CT molecular complexity index is 1130. The fourth-order valence-electron chi connectivity index (χ4n) is 3.60. The van der Waals surface area contributed by atoms with Crippen LogP contribution in [0.5, 0.6) is 5.75 Å². The zero-order chi connectivity index (χ0) is 20.2. The second-order valence-corrected chi connectivity index (χ2v) is 6.67. The van der Waals surface area contributed by atoms with Crippen LogP contribution in [0, 0.1) is 0 Å². The van der Waals surface area contributed by atoms with Crippen LogP contribution in [0.3, 0.4) is 0 Å². The minimum Gasteiger partial charge on any atom is -0.496 e. The van der Waals surface area contributed by atoms with Crippen molar-refractivity contribution in [1.82, 2.24) is 0 Å². The maximum atomic E-state index is 13.0. The third kappa shape index (κ3) is 3.61. The Kier molecular flexibility index (Phi) is 5.34. The summed E-state index contributed by atoms with van der Waals surface area (Å²) in [5, 5.41) is 0.741. The molecule has 4 rings (SSSR count). The molecule has 4 heteroatoms. The highest BCUT2D eigenvalue weighted by Crippen LogP contribution is 2.40. The summed E-state index contributed by atoms with van der Waals surface area (Å²) in [6.45, 7) is 2.09. The van der Waals surface area contributed by atoms with E-state index in [1.54, 1.807) is 14.0 Å². The monoisotopic (exact) mass is 386 g/mol. The molecule has 0 amide bonds. The summed E-state index contributed by atoms with van der Waals surface area (Å²) in [6.07, 6.45) is 0.613. The zero-order valence-electron chi connectivity index (χ0n) is 16.5. The van der Waals surface area contributed by atoms with E-state index in [0.717, 1.165) is 22.1 Å². The number of esters is 1. The Morgan fingerprint density at radius 2 is 1.62 bits per heavy atom. The Morgan fingerprint density at radius 3 is 2.28 bits per heavy atom. The summed E-state index contributed by atoms with van der Waals surface area (Å²) in [5.41, 5.74) is 3.94. The first kappa shape index (κ1) is 18.8. The van der Waals surface area contributed by atoms with Gasteiger partial charge in [-0.2, -0.15) is 0 Å². The molecule has 0 radical (unpaired) electrons. The Hall–Kier alpha value is -3.53. The first-order valence-corrected chi connectivity index (χ1v) is 9.61. The molecule has 0 N–H and O–H groups in total. The van der Waals surface area contributed by atoms with Gasteiger partial charge in [-0.1, -0.05) is 60.7 Å². The highest BCUT2D eigenvalue weighted by molar-refractivity contribution is 6.10. The lowest BCUT2D eigenvalue weighted by atomic mass is 9.96. The molecule has 0 saturated heterocycles. The molecule has 146 valence electrons. The van der Waals surface area contributed by atoms with E-state index in [1.165, 1.54) is 0 Å². The van der Waals surface area contributed by atoms with E-state index in [-0.39, 0.29) is 6.61 Å². The van der Waals surface area contributed by atoms with Crippen molar-refractivity contribution in [2.75, 3.05) is 13.7 Å². The molecule has 1 aromatic heterocycles. The van der Waals surface area contributed by atoms with E-state index in [1.807, 2.05) is 60.7 Å². The summed E-state index contributed by atoms with van der Waals surface area (Å²) in [4.78, 5) is 13.0. The maximum absolute atomic E-state index is 13.0. The summed E-state index contributed by atoms with van der Waals surface area (Å²) in [7, 11) is 1.64. The van der Waals surface area contributed by atoms with E-state index in [2.05, 4.69) is 12.1 Å². The number of fused-ring (bicyclic) bond motifs is 1.